The SMILES string of the molecule is O=C(NCC1OCCC1C(=O)O)OCC1c2ccccc2-c2ccccc21. The molecule has 2 unspecified atom stereocenters. The van der Waals surface area contributed by atoms with Crippen LogP contribution in [0.2, 0.25) is 0 Å². The number of ether oxygens (including phenoxy) is 2. The first-order valence-electron chi connectivity index (χ1n) is 9.08. The lowest BCUT2D eigenvalue weighted by molar-refractivity contribution is -0.143. The number of alkyl carbamates (subject to hydrolysis) is 1. The van der Waals surface area contributed by atoms with E-state index in [1.54, 1.807) is 0 Å². The van der Waals surface area contributed by atoms with Crippen molar-refractivity contribution in [2.24, 2.45) is 5.92 Å². The highest BCUT2D eigenvalue weighted by atomic mass is 16.5. The number of carboxylic acid groups (broad SMARTS) is 1. The van der Waals surface area contributed by atoms with Crippen LogP contribution >= 0.6 is 0 Å². The molecule has 6 nitrogen and oxygen atoms in total. The van der Waals surface area contributed by atoms with E-state index in [1.165, 1.54) is 11.1 Å². The Hall–Kier alpha value is -2.86. The number of fused-ring (bicyclic) bond motifs is 3. The minimum Gasteiger partial charge on any atom is -0.481 e. The van der Waals surface area contributed by atoms with Crippen LogP contribution in [0, 0.1) is 5.92 Å². The number of rotatable bonds is 5. The Morgan fingerprint density at radius 3 is 2.33 bits per heavy atom. The van der Waals surface area contributed by atoms with Gasteiger partial charge in [0.25, 0.3) is 0 Å². The average Bonchev–Trinajstić information content (AvgIpc) is 3.28. The Morgan fingerprint density at radius 1 is 1.07 bits per heavy atom. The van der Waals surface area contributed by atoms with Crippen molar-refractivity contribution < 1.29 is 24.2 Å². The summed E-state index contributed by atoms with van der Waals surface area (Å²) in [4.78, 5) is 23.3. The number of hydrogen-bond donors (Lipinski definition) is 2. The third-order valence-corrected chi connectivity index (χ3v) is 5.32. The van der Waals surface area contributed by atoms with Crippen molar-refractivity contribution in [3.05, 3.63) is 59.7 Å². The molecule has 2 aliphatic rings. The lowest BCUT2D eigenvalue weighted by Crippen LogP contribution is -2.38. The van der Waals surface area contributed by atoms with Crippen molar-refractivity contribution in [3.8, 4) is 11.1 Å². The van der Waals surface area contributed by atoms with Crippen LogP contribution in [0.25, 0.3) is 11.1 Å². The van der Waals surface area contributed by atoms with E-state index in [0.29, 0.717) is 13.0 Å². The van der Waals surface area contributed by atoms with Crippen molar-refractivity contribution in [2.75, 3.05) is 19.8 Å². The van der Waals surface area contributed by atoms with Crippen LogP contribution in [0.3, 0.4) is 0 Å². The Labute approximate surface area is 157 Å². The maximum Gasteiger partial charge on any atom is 0.407 e. The molecule has 0 spiro atoms. The van der Waals surface area contributed by atoms with E-state index in [4.69, 9.17) is 14.6 Å². The van der Waals surface area contributed by atoms with Gasteiger partial charge in [-0.3, -0.25) is 4.79 Å². The molecule has 27 heavy (non-hydrogen) atoms. The Kier molecular flexibility index (Phi) is 4.81. The molecule has 4 rings (SSSR count). The molecule has 1 saturated heterocycles. The number of carbonyl (C=O) groups excluding carboxylic acids is 1. The van der Waals surface area contributed by atoms with E-state index in [2.05, 4.69) is 29.6 Å². The number of aliphatic carboxylic acids is 1. The second-order valence-corrected chi connectivity index (χ2v) is 6.85. The van der Waals surface area contributed by atoms with Crippen molar-refractivity contribution in [3.63, 3.8) is 0 Å². The third-order valence-electron chi connectivity index (χ3n) is 5.32. The minimum atomic E-state index is -0.896. The number of carbonyl (C=O) groups is 2. The Balaban J connectivity index is 1.37. The van der Waals surface area contributed by atoms with E-state index in [9.17, 15) is 9.59 Å². The van der Waals surface area contributed by atoms with E-state index in [-0.39, 0.29) is 19.1 Å². The summed E-state index contributed by atoms with van der Waals surface area (Å²) in [5.74, 6) is -1.48. The van der Waals surface area contributed by atoms with Gasteiger partial charge in [0.15, 0.2) is 0 Å². The summed E-state index contributed by atoms with van der Waals surface area (Å²) in [5.41, 5.74) is 4.64. The van der Waals surface area contributed by atoms with E-state index >= 15 is 0 Å². The van der Waals surface area contributed by atoms with Gasteiger partial charge in [-0.2, -0.15) is 0 Å². The van der Waals surface area contributed by atoms with Gasteiger partial charge in [-0.1, -0.05) is 48.5 Å². The van der Waals surface area contributed by atoms with E-state index in [1.807, 2.05) is 24.3 Å². The smallest absolute Gasteiger partial charge is 0.407 e. The predicted octanol–water partition coefficient (Wildman–Crippen LogP) is 3.01. The fourth-order valence-electron chi connectivity index (χ4n) is 3.97. The summed E-state index contributed by atoms with van der Waals surface area (Å²) in [5, 5.41) is 11.8. The van der Waals surface area contributed by atoms with Gasteiger partial charge in [0.1, 0.15) is 6.61 Å². The number of benzene rings is 2. The van der Waals surface area contributed by atoms with Crippen LogP contribution in [0.1, 0.15) is 23.5 Å². The first-order chi connectivity index (χ1) is 13.1. The van der Waals surface area contributed by atoms with Crippen molar-refractivity contribution in [1.82, 2.24) is 5.32 Å². The van der Waals surface area contributed by atoms with Crippen LogP contribution < -0.4 is 5.32 Å². The van der Waals surface area contributed by atoms with Gasteiger partial charge in [0, 0.05) is 19.1 Å². The molecule has 140 valence electrons. The maximum atomic E-state index is 12.1. The summed E-state index contributed by atoms with van der Waals surface area (Å²) >= 11 is 0. The molecule has 0 aromatic heterocycles. The standard InChI is InChI=1S/C21H21NO5/c23-20(24)17-9-10-26-19(17)11-22-21(25)27-12-18-15-7-3-1-5-13(15)14-6-2-4-8-16(14)18/h1-8,17-19H,9-12H2,(H,22,25)(H,23,24). The normalized spacial score (nSPS) is 20.7. The summed E-state index contributed by atoms with van der Waals surface area (Å²) in [6.45, 7) is 0.759. The number of carboxylic acids is 1. The predicted molar refractivity (Wildman–Crippen MR) is 98.6 cm³/mol. The molecular weight excluding hydrogens is 346 g/mol. The molecule has 1 aliphatic carbocycles. The lowest BCUT2D eigenvalue weighted by atomic mass is 9.98. The highest BCUT2D eigenvalue weighted by Gasteiger charge is 2.34. The molecule has 1 fully saturated rings. The molecule has 2 aromatic carbocycles. The van der Waals surface area contributed by atoms with Gasteiger partial charge in [-0.25, -0.2) is 4.79 Å². The van der Waals surface area contributed by atoms with Crippen molar-refractivity contribution in [2.45, 2.75) is 18.4 Å². The molecule has 2 atom stereocenters. The monoisotopic (exact) mass is 367 g/mol. The highest BCUT2D eigenvalue weighted by Crippen LogP contribution is 2.44. The zero-order valence-electron chi connectivity index (χ0n) is 14.8. The van der Waals surface area contributed by atoms with E-state index in [0.717, 1.165) is 11.1 Å². The number of hydrogen-bond acceptors (Lipinski definition) is 4. The van der Waals surface area contributed by atoms with Gasteiger partial charge in [0.2, 0.25) is 0 Å². The van der Waals surface area contributed by atoms with Gasteiger partial charge in [-0.05, 0) is 28.7 Å². The number of nitrogens with one attached hydrogen (secondary N) is 1. The minimum absolute atomic E-state index is 0.00218. The molecule has 2 N–H and O–H groups in total. The first kappa shape index (κ1) is 17.5. The fourth-order valence-corrected chi connectivity index (χ4v) is 3.97. The largest absolute Gasteiger partial charge is 0.481 e. The molecule has 6 heteroatoms. The third kappa shape index (κ3) is 3.40. The van der Waals surface area contributed by atoms with Gasteiger partial charge < -0.3 is 19.9 Å². The molecule has 0 bridgehead atoms. The van der Waals surface area contributed by atoms with Crippen molar-refractivity contribution >= 4 is 12.1 Å². The second-order valence-electron chi connectivity index (χ2n) is 6.85. The molecule has 1 heterocycles. The topological polar surface area (TPSA) is 84.9 Å². The first-order valence-corrected chi connectivity index (χ1v) is 9.08. The quantitative estimate of drug-likeness (QED) is 0.849. The van der Waals surface area contributed by atoms with Crippen molar-refractivity contribution in [1.29, 1.82) is 0 Å². The zero-order chi connectivity index (χ0) is 18.8. The van der Waals surface area contributed by atoms with Crippen LogP contribution in [-0.2, 0) is 14.3 Å². The zero-order valence-corrected chi connectivity index (χ0v) is 14.8. The van der Waals surface area contributed by atoms with Crippen LogP contribution in [0.5, 0.6) is 0 Å². The Morgan fingerprint density at radius 2 is 1.70 bits per heavy atom. The summed E-state index contributed by atoms with van der Waals surface area (Å²) in [6, 6.07) is 16.3. The summed E-state index contributed by atoms with van der Waals surface area (Å²) in [6.07, 6.45) is -0.605. The van der Waals surface area contributed by atoms with Gasteiger partial charge in [0.05, 0.1) is 12.0 Å². The maximum absolute atomic E-state index is 12.1. The molecule has 1 aliphatic heterocycles. The second kappa shape index (κ2) is 7.40. The molecular formula is C21H21NO5. The van der Waals surface area contributed by atoms with Gasteiger partial charge >= 0.3 is 12.1 Å². The van der Waals surface area contributed by atoms with E-state index < -0.39 is 24.1 Å². The van der Waals surface area contributed by atoms with Crippen LogP contribution in [0.15, 0.2) is 48.5 Å². The summed E-state index contributed by atoms with van der Waals surface area (Å²) in [7, 11) is 0. The molecule has 0 saturated carbocycles. The highest BCUT2D eigenvalue weighted by molar-refractivity contribution is 5.79. The van der Waals surface area contributed by atoms with Gasteiger partial charge in [-0.15, -0.1) is 0 Å². The summed E-state index contributed by atoms with van der Waals surface area (Å²) < 4.78 is 10.8. The molecule has 0 radical (unpaired) electrons. The average molecular weight is 367 g/mol. The fraction of sp³-hybridized carbons (Fsp3) is 0.333. The van der Waals surface area contributed by atoms with Crippen LogP contribution in [-0.4, -0.2) is 43.0 Å². The Bertz CT molecular complexity index is 820. The van der Waals surface area contributed by atoms with Crippen LogP contribution in [0.4, 0.5) is 4.79 Å². The molecule has 2 aromatic rings. The number of amides is 1. The lowest BCUT2D eigenvalue weighted by Gasteiger charge is -2.17. The molecule has 1 amide bonds.